The predicted octanol–water partition coefficient (Wildman–Crippen LogP) is 3.20. The fraction of sp³-hybridized carbons (Fsp3) is 0.368. The molecule has 0 amide bonds. The summed E-state index contributed by atoms with van der Waals surface area (Å²) in [6.07, 6.45) is 1.93. The summed E-state index contributed by atoms with van der Waals surface area (Å²) in [5, 5.41) is 13.4. The van der Waals surface area contributed by atoms with Crippen LogP contribution in [0.1, 0.15) is 25.0 Å². The standard InChI is InChI=1S/C19H25NO/c1-19(2,21)15-20-18(13-16-9-5-3-6-10-16)14-17-11-7-4-8-12-17/h3-12,18,20-21H,13-15H2,1-2H3. The lowest BCUT2D eigenvalue weighted by Gasteiger charge is -2.24. The molecule has 0 radical (unpaired) electrons. The minimum Gasteiger partial charge on any atom is -0.389 e. The predicted molar refractivity (Wildman–Crippen MR) is 88.4 cm³/mol. The van der Waals surface area contributed by atoms with Gasteiger partial charge in [0.1, 0.15) is 0 Å². The maximum atomic E-state index is 9.94. The van der Waals surface area contributed by atoms with E-state index in [-0.39, 0.29) is 0 Å². The molecule has 2 rings (SSSR count). The van der Waals surface area contributed by atoms with E-state index < -0.39 is 5.60 Å². The maximum Gasteiger partial charge on any atom is 0.0715 e. The molecule has 0 fully saturated rings. The number of aliphatic hydroxyl groups is 1. The van der Waals surface area contributed by atoms with Gasteiger partial charge in [0.15, 0.2) is 0 Å². The molecule has 0 bridgehead atoms. The number of hydrogen-bond donors (Lipinski definition) is 2. The second-order valence-electron chi connectivity index (χ2n) is 6.27. The topological polar surface area (TPSA) is 32.3 Å². The normalized spacial score (nSPS) is 11.8. The average molecular weight is 283 g/mol. The molecule has 0 aliphatic rings. The van der Waals surface area contributed by atoms with Gasteiger partial charge in [0.05, 0.1) is 5.60 Å². The summed E-state index contributed by atoms with van der Waals surface area (Å²) >= 11 is 0. The Bertz CT molecular complexity index is 475. The zero-order valence-electron chi connectivity index (χ0n) is 12.9. The quantitative estimate of drug-likeness (QED) is 0.818. The highest BCUT2D eigenvalue weighted by atomic mass is 16.3. The van der Waals surface area contributed by atoms with Crippen LogP contribution in [0, 0.1) is 0 Å². The smallest absolute Gasteiger partial charge is 0.0715 e. The number of benzene rings is 2. The van der Waals surface area contributed by atoms with Crippen LogP contribution >= 0.6 is 0 Å². The molecule has 21 heavy (non-hydrogen) atoms. The van der Waals surface area contributed by atoms with Gasteiger partial charge in [-0.25, -0.2) is 0 Å². The minimum absolute atomic E-state index is 0.321. The molecule has 0 heterocycles. The summed E-state index contributed by atoms with van der Waals surface area (Å²) in [6.45, 7) is 4.27. The minimum atomic E-state index is -0.689. The number of rotatable bonds is 7. The fourth-order valence-electron chi connectivity index (χ4n) is 2.41. The Balaban J connectivity index is 2.03. The third-order valence-corrected chi connectivity index (χ3v) is 3.47. The zero-order valence-corrected chi connectivity index (χ0v) is 12.9. The van der Waals surface area contributed by atoms with Gasteiger partial charge in [0.25, 0.3) is 0 Å². The molecule has 2 heteroatoms. The van der Waals surface area contributed by atoms with Crippen LogP contribution in [-0.4, -0.2) is 23.3 Å². The van der Waals surface area contributed by atoms with Gasteiger partial charge < -0.3 is 10.4 Å². The van der Waals surface area contributed by atoms with E-state index in [1.54, 1.807) is 0 Å². The SMILES string of the molecule is CC(C)(O)CNC(Cc1ccccc1)Cc1ccccc1. The first-order chi connectivity index (χ1) is 10.0. The lowest BCUT2D eigenvalue weighted by atomic mass is 9.98. The lowest BCUT2D eigenvalue weighted by Crippen LogP contribution is -2.42. The third-order valence-electron chi connectivity index (χ3n) is 3.47. The van der Waals surface area contributed by atoms with E-state index in [9.17, 15) is 5.11 Å². The van der Waals surface area contributed by atoms with Crippen LogP contribution in [0.2, 0.25) is 0 Å². The number of nitrogens with one attached hydrogen (secondary N) is 1. The highest BCUT2D eigenvalue weighted by Gasteiger charge is 2.16. The van der Waals surface area contributed by atoms with Gasteiger partial charge in [-0.3, -0.25) is 0 Å². The summed E-state index contributed by atoms with van der Waals surface area (Å²) in [6, 6.07) is 21.3. The molecule has 2 N–H and O–H groups in total. The maximum absolute atomic E-state index is 9.94. The molecule has 2 nitrogen and oxygen atoms in total. The Morgan fingerprint density at radius 1 is 0.857 bits per heavy atom. The Morgan fingerprint density at radius 3 is 1.67 bits per heavy atom. The Hall–Kier alpha value is -1.64. The van der Waals surface area contributed by atoms with Crippen LogP contribution < -0.4 is 5.32 Å². The van der Waals surface area contributed by atoms with Crippen molar-refractivity contribution in [3.8, 4) is 0 Å². The molecule has 0 saturated carbocycles. The van der Waals surface area contributed by atoms with Gasteiger partial charge in [-0.15, -0.1) is 0 Å². The molecule has 0 saturated heterocycles. The van der Waals surface area contributed by atoms with E-state index in [0.717, 1.165) is 12.8 Å². The van der Waals surface area contributed by atoms with Gasteiger partial charge in [0, 0.05) is 12.6 Å². The van der Waals surface area contributed by atoms with E-state index in [4.69, 9.17) is 0 Å². The van der Waals surface area contributed by atoms with Gasteiger partial charge in [0.2, 0.25) is 0 Å². The van der Waals surface area contributed by atoms with Crippen molar-refractivity contribution in [3.05, 3.63) is 71.8 Å². The first kappa shape index (κ1) is 15.7. The van der Waals surface area contributed by atoms with Crippen LogP contribution in [-0.2, 0) is 12.8 Å². The fourth-order valence-corrected chi connectivity index (χ4v) is 2.41. The molecule has 0 unspecified atom stereocenters. The molecule has 0 aromatic heterocycles. The molecule has 112 valence electrons. The van der Waals surface area contributed by atoms with Crippen molar-refractivity contribution < 1.29 is 5.11 Å². The van der Waals surface area contributed by atoms with E-state index >= 15 is 0 Å². The third kappa shape index (κ3) is 6.11. The molecule has 0 aliphatic heterocycles. The summed E-state index contributed by atoms with van der Waals surface area (Å²) in [5.74, 6) is 0. The molecule has 2 aromatic rings. The Kier molecular flexibility index (Phi) is 5.54. The summed E-state index contributed by atoms with van der Waals surface area (Å²) in [7, 11) is 0. The van der Waals surface area contributed by atoms with E-state index in [1.807, 2.05) is 26.0 Å². The molecular weight excluding hydrogens is 258 g/mol. The van der Waals surface area contributed by atoms with Gasteiger partial charge in [-0.1, -0.05) is 60.7 Å². The van der Waals surface area contributed by atoms with E-state index in [2.05, 4.69) is 53.8 Å². The monoisotopic (exact) mass is 283 g/mol. The molecule has 0 aliphatic carbocycles. The van der Waals surface area contributed by atoms with Crippen LogP contribution in [0.25, 0.3) is 0 Å². The van der Waals surface area contributed by atoms with E-state index in [1.165, 1.54) is 11.1 Å². The van der Waals surface area contributed by atoms with Crippen LogP contribution in [0.4, 0.5) is 0 Å². The van der Waals surface area contributed by atoms with Crippen molar-refractivity contribution in [2.75, 3.05) is 6.54 Å². The van der Waals surface area contributed by atoms with Gasteiger partial charge in [-0.2, -0.15) is 0 Å². The zero-order chi connectivity index (χ0) is 15.1. The number of hydrogen-bond acceptors (Lipinski definition) is 2. The lowest BCUT2D eigenvalue weighted by molar-refractivity contribution is 0.0763. The molecular formula is C19H25NO. The van der Waals surface area contributed by atoms with Crippen molar-refractivity contribution in [1.29, 1.82) is 0 Å². The van der Waals surface area contributed by atoms with Crippen molar-refractivity contribution in [2.45, 2.75) is 38.3 Å². The van der Waals surface area contributed by atoms with Crippen molar-refractivity contribution in [3.63, 3.8) is 0 Å². The van der Waals surface area contributed by atoms with Crippen molar-refractivity contribution >= 4 is 0 Å². The molecule has 2 aromatic carbocycles. The van der Waals surface area contributed by atoms with Crippen molar-refractivity contribution in [2.24, 2.45) is 0 Å². The Morgan fingerprint density at radius 2 is 1.29 bits per heavy atom. The largest absolute Gasteiger partial charge is 0.389 e. The van der Waals surface area contributed by atoms with Gasteiger partial charge in [-0.05, 0) is 37.8 Å². The average Bonchev–Trinajstić information content (AvgIpc) is 2.46. The van der Waals surface area contributed by atoms with Crippen LogP contribution in [0.3, 0.4) is 0 Å². The first-order valence-electron chi connectivity index (χ1n) is 7.56. The van der Waals surface area contributed by atoms with Crippen LogP contribution in [0.15, 0.2) is 60.7 Å². The summed E-state index contributed by atoms with van der Waals surface area (Å²) < 4.78 is 0. The second-order valence-corrected chi connectivity index (χ2v) is 6.27. The molecule has 0 atom stereocenters. The molecule has 0 spiro atoms. The highest BCUT2D eigenvalue weighted by Crippen LogP contribution is 2.10. The first-order valence-corrected chi connectivity index (χ1v) is 7.56. The van der Waals surface area contributed by atoms with E-state index in [0.29, 0.717) is 12.6 Å². The Labute approximate surface area is 127 Å². The second kappa shape index (κ2) is 7.39. The van der Waals surface area contributed by atoms with Gasteiger partial charge >= 0.3 is 0 Å². The highest BCUT2D eigenvalue weighted by molar-refractivity contribution is 5.19. The van der Waals surface area contributed by atoms with Crippen LogP contribution in [0.5, 0.6) is 0 Å². The van der Waals surface area contributed by atoms with Crippen molar-refractivity contribution in [1.82, 2.24) is 5.32 Å². The summed E-state index contributed by atoms with van der Waals surface area (Å²) in [5.41, 5.74) is 1.95. The summed E-state index contributed by atoms with van der Waals surface area (Å²) in [4.78, 5) is 0.